The quantitative estimate of drug-likeness (QED) is 0.598. The number of fused-ring (bicyclic) bond motifs is 1. The molecule has 5 heteroatoms. The third-order valence-corrected chi connectivity index (χ3v) is 3.34. The number of rotatable bonds is 7. The molecule has 3 N–H and O–H groups in total. The van der Waals surface area contributed by atoms with Gasteiger partial charge in [-0.15, -0.1) is 0 Å². The fraction of sp³-hybridized carbons (Fsp3) is 0.533. The fourth-order valence-electron chi connectivity index (χ4n) is 2.30. The minimum absolute atomic E-state index is 0.0704. The van der Waals surface area contributed by atoms with Gasteiger partial charge in [0.15, 0.2) is 0 Å². The van der Waals surface area contributed by atoms with Gasteiger partial charge >= 0.3 is 0 Å². The highest BCUT2D eigenvalue weighted by molar-refractivity contribution is 5.82. The van der Waals surface area contributed by atoms with Crippen molar-refractivity contribution < 1.29 is 4.74 Å². The van der Waals surface area contributed by atoms with E-state index in [9.17, 15) is 0 Å². The minimum atomic E-state index is 0.0704. The fourth-order valence-corrected chi connectivity index (χ4v) is 2.30. The molecule has 1 atom stereocenters. The topological polar surface area (TPSA) is 65.1 Å². The second kappa shape index (κ2) is 6.83. The van der Waals surface area contributed by atoms with E-state index in [1.807, 2.05) is 30.7 Å². The van der Waals surface area contributed by atoms with Crippen molar-refractivity contribution in [3.05, 3.63) is 30.0 Å². The van der Waals surface area contributed by atoms with Gasteiger partial charge in [-0.2, -0.15) is 5.10 Å². The second-order valence-electron chi connectivity index (χ2n) is 5.23. The van der Waals surface area contributed by atoms with E-state index < -0.39 is 0 Å². The van der Waals surface area contributed by atoms with Gasteiger partial charge in [0.05, 0.1) is 30.0 Å². The standard InChI is InChI=1S/C15H24N4O/c1-4-19-15-8-6-5-7-13(15)14(18-19)9-12(17-16)10-20-11(2)3/h5-8,11-12,17H,4,9-10,16H2,1-3H3. The highest BCUT2D eigenvalue weighted by Crippen LogP contribution is 2.19. The smallest absolute Gasteiger partial charge is 0.0720 e. The van der Waals surface area contributed by atoms with E-state index in [-0.39, 0.29) is 12.1 Å². The summed E-state index contributed by atoms with van der Waals surface area (Å²) in [5, 5.41) is 5.88. The van der Waals surface area contributed by atoms with Crippen molar-refractivity contribution in [2.45, 2.75) is 45.9 Å². The molecule has 1 heterocycles. The van der Waals surface area contributed by atoms with Crippen molar-refractivity contribution in [1.82, 2.24) is 15.2 Å². The van der Waals surface area contributed by atoms with Crippen molar-refractivity contribution in [1.29, 1.82) is 0 Å². The van der Waals surface area contributed by atoms with E-state index in [4.69, 9.17) is 10.6 Å². The van der Waals surface area contributed by atoms with Crippen LogP contribution in [0, 0.1) is 0 Å². The number of nitrogens with one attached hydrogen (secondary N) is 1. The van der Waals surface area contributed by atoms with Gasteiger partial charge in [0, 0.05) is 18.4 Å². The van der Waals surface area contributed by atoms with Crippen LogP contribution >= 0.6 is 0 Å². The molecule has 2 aromatic rings. The van der Waals surface area contributed by atoms with Crippen LogP contribution in [0.5, 0.6) is 0 Å². The molecule has 0 aliphatic rings. The lowest BCUT2D eigenvalue weighted by atomic mass is 10.1. The SMILES string of the molecule is CCn1nc(CC(COC(C)C)NN)c2ccccc21. The monoisotopic (exact) mass is 276 g/mol. The summed E-state index contributed by atoms with van der Waals surface area (Å²) in [4.78, 5) is 0. The van der Waals surface area contributed by atoms with Crippen molar-refractivity contribution in [3.8, 4) is 0 Å². The van der Waals surface area contributed by atoms with E-state index in [0.29, 0.717) is 6.61 Å². The third-order valence-electron chi connectivity index (χ3n) is 3.34. The molecule has 0 amide bonds. The first kappa shape index (κ1) is 15.0. The Morgan fingerprint density at radius 1 is 1.35 bits per heavy atom. The number of hydrogen-bond acceptors (Lipinski definition) is 4. The summed E-state index contributed by atoms with van der Waals surface area (Å²) in [6.07, 6.45) is 0.965. The molecule has 0 saturated heterocycles. The average Bonchev–Trinajstić information content (AvgIpc) is 2.81. The molecule has 20 heavy (non-hydrogen) atoms. The molecule has 0 aliphatic heterocycles. The van der Waals surface area contributed by atoms with Gasteiger partial charge in [-0.25, -0.2) is 0 Å². The average molecular weight is 276 g/mol. The van der Waals surface area contributed by atoms with Crippen LogP contribution < -0.4 is 11.3 Å². The number of aryl methyl sites for hydroxylation is 1. The number of nitrogens with zero attached hydrogens (tertiary/aromatic N) is 2. The Labute approximate surface area is 120 Å². The molecule has 0 bridgehead atoms. The van der Waals surface area contributed by atoms with Crippen LogP contribution in [0.4, 0.5) is 0 Å². The molecule has 0 fully saturated rings. The van der Waals surface area contributed by atoms with Gasteiger partial charge in [0.2, 0.25) is 0 Å². The summed E-state index contributed by atoms with van der Waals surface area (Å²) in [5.74, 6) is 5.63. The highest BCUT2D eigenvalue weighted by Gasteiger charge is 2.15. The Balaban J connectivity index is 2.19. The Bertz CT molecular complexity index is 550. The first-order chi connectivity index (χ1) is 9.65. The number of aromatic nitrogens is 2. The lowest BCUT2D eigenvalue weighted by Gasteiger charge is -2.16. The van der Waals surface area contributed by atoms with Crippen LogP contribution in [-0.2, 0) is 17.7 Å². The number of hydrogen-bond donors (Lipinski definition) is 2. The van der Waals surface area contributed by atoms with Crippen molar-refractivity contribution in [2.24, 2.45) is 5.84 Å². The Morgan fingerprint density at radius 3 is 2.75 bits per heavy atom. The first-order valence-electron chi connectivity index (χ1n) is 7.17. The van der Waals surface area contributed by atoms with Crippen LogP contribution in [0.15, 0.2) is 24.3 Å². The van der Waals surface area contributed by atoms with Gasteiger partial charge in [0.1, 0.15) is 0 Å². The minimum Gasteiger partial charge on any atom is -0.377 e. The molecular weight excluding hydrogens is 252 g/mol. The van der Waals surface area contributed by atoms with Gasteiger partial charge in [-0.3, -0.25) is 16.0 Å². The van der Waals surface area contributed by atoms with Crippen molar-refractivity contribution >= 4 is 10.9 Å². The summed E-state index contributed by atoms with van der Waals surface area (Å²) in [6.45, 7) is 7.60. The maximum Gasteiger partial charge on any atom is 0.0720 e. The van der Waals surface area contributed by atoms with Crippen LogP contribution in [0.1, 0.15) is 26.5 Å². The lowest BCUT2D eigenvalue weighted by molar-refractivity contribution is 0.0611. The summed E-state index contributed by atoms with van der Waals surface area (Å²) in [7, 11) is 0. The van der Waals surface area contributed by atoms with Crippen LogP contribution in [0.25, 0.3) is 10.9 Å². The lowest BCUT2D eigenvalue weighted by Crippen LogP contribution is -2.41. The van der Waals surface area contributed by atoms with E-state index in [1.165, 1.54) is 10.9 Å². The molecule has 0 saturated carbocycles. The predicted octanol–water partition coefficient (Wildman–Crippen LogP) is 1.86. The Hall–Kier alpha value is -1.43. The molecule has 1 aromatic carbocycles. The number of para-hydroxylation sites is 1. The molecular formula is C15H24N4O. The van der Waals surface area contributed by atoms with Gasteiger partial charge < -0.3 is 4.74 Å². The van der Waals surface area contributed by atoms with E-state index in [2.05, 4.69) is 29.6 Å². The molecule has 2 rings (SSSR count). The maximum absolute atomic E-state index is 5.64. The van der Waals surface area contributed by atoms with Crippen LogP contribution in [0.3, 0.4) is 0 Å². The molecule has 5 nitrogen and oxygen atoms in total. The van der Waals surface area contributed by atoms with Crippen LogP contribution in [0.2, 0.25) is 0 Å². The molecule has 1 unspecified atom stereocenters. The maximum atomic E-state index is 5.64. The van der Waals surface area contributed by atoms with Crippen molar-refractivity contribution in [3.63, 3.8) is 0 Å². The van der Waals surface area contributed by atoms with E-state index >= 15 is 0 Å². The Kier molecular flexibility index (Phi) is 5.11. The normalized spacial score (nSPS) is 13.2. The number of nitrogens with two attached hydrogens (primary N) is 1. The largest absolute Gasteiger partial charge is 0.377 e. The molecule has 0 aliphatic carbocycles. The third kappa shape index (κ3) is 3.36. The summed E-state index contributed by atoms with van der Waals surface area (Å²) >= 11 is 0. The van der Waals surface area contributed by atoms with E-state index in [1.54, 1.807) is 0 Å². The Morgan fingerprint density at radius 2 is 2.10 bits per heavy atom. The summed E-state index contributed by atoms with van der Waals surface area (Å²) in [6, 6.07) is 8.37. The molecule has 110 valence electrons. The van der Waals surface area contributed by atoms with E-state index in [0.717, 1.165) is 18.7 Å². The molecule has 0 spiro atoms. The van der Waals surface area contributed by atoms with Crippen LogP contribution in [-0.4, -0.2) is 28.5 Å². The molecule has 0 radical (unpaired) electrons. The van der Waals surface area contributed by atoms with Crippen molar-refractivity contribution in [2.75, 3.05) is 6.61 Å². The first-order valence-corrected chi connectivity index (χ1v) is 7.17. The summed E-state index contributed by atoms with van der Waals surface area (Å²) in [5.41, 5.74) is 5.06. The molecule has 1 aromatic heterocycles. The zero-order valence-corrected chi connectivity index (χ0v) is 12.5. The predicted molar refractivity (Wildman–Crippen MR) is 81.3 cm³/mol. The number of benzene rings is 1. The summed E-state index contributed by atoms with van der Waals surface area (Å²) < 4.78 is 7.66. The number of ether oxygens (including phenoxy) is 1. The zero-order valence-electron chi connectivity index (χ0n) is 12.5. The van der Waals surface area contributed by atoms with Gasteiger partial charge in [-0.1, -0.05) is 18.2 Å². The van der Waals surface area contributed by atoms with Gasteiger partial charge in [0.25, 0.3) is 0 Å². The number of hydrazine groups is 1. The highest BCUT2D eigenvalue weighted by atomic mass is 16.5. The van der Waals surface area contributed by atoms with Gasteiger partial charge in [-0.05, 0) is 26.8 Å². The zero-order chi connectivity index (χ0) is 14.5. The second-order valence-corrected chi connectivity index (χ2v) is 5.23.